The Morgan fingerprint density at radius 2 is 2.07 bits per heavy atom. The largest absolute Gasteiger partial charge is 0.444 e. The number of benzene rings is 1. The molecule has 0 radical (unpaired) electrons. The maximum atomic E-state index is 11.9. The van der Waals surface area contributed by atoms with Gasteiger partial charge in [0.1, 0.15) is 5.60 Å². The smallest absolute Gasteiger partial charge is 0.407 e. The quantitative estimate of drug-likeness (QED) is 0.727. The summed E-state index contributed by atoms with van der Waals surface area (Å²) in [6, 6.07) is 10.2. The van der Waals surface area contributed by atoms with Crippen LogP contribution >= 0.6 is 0 Å². The van der Waals surface area contributed by atoms with E-state index >= 15 is 0 Å². The third kappa shape index (κ3) is 6.06. The maximum absolute atomic E-state index is 11.9. The predicted molar refractivity (Wildman–Crippen MR) is 116 cm³/mol. The zero-order chi connectivity index (χ0) is 21.7. The average Bonchev–Trinajstić information content (AvgIpc) is 3.27. The lowest BCUT2D eigenvalue weighted by atomic mass is 10.0. The van der Waals surface area contributed by atoms with Crippen molar-refractivity contribution in [1.82, 2.24) is 20.0 Å². The highest BCUT2D eigenvalue weighted by molar-refractivity contribution is 5.67. The minimum atomic E-state index is -0.599. The van der Waals surface area contributed by atoms with Crippen LogP contribution in [0.2, 0.25) is 0 Å². The number of aryl methyl sites for hydroxylation is 1. The number of ether oxygens (including phenoxy) is 1. The summed E-state index contributed by atoms with van der Waals surface area (Å²) in [5, 5.41) is 18.5. The highest BCUT2D eigenvalue weighted by Crippen LogP contribution is 2.30. The highest BCUT2D eigenvalue weighted by Gasteiger charge is 2.33. The fourth-order valence-corrected chi connectivity index (χ4v) is 3.99. The van der Waals surface area contributed by atoms with Gasteiger partial charge in [0.05, 0.1) is 18.3 Å². The van der Waals surface area contributed by atoms with Gasteiger partial charge < -0.3 is 15.2 Å². The molecule has 1 aliphatic rings. The van der Waals surface area contributed by atoms with E-state index in [1.54, 1.807) is 0 Å². The van der Waals surface area contributed by atoms with Crippen LogP contribution in [0.15, 0.2) is 36.5 Å². The number of alkyl carbamates (subject to hydrolysis) is 1. The summed E-state index contributed by atoms with van der Waals surface area (Å²) < 4.78 is 7.18. The number of carbonyl (C=O) groups excluding carboxylic acids is 1. The number of hydrogen-bond donors (Lipinski definition) is 2. The van der Waals surface area contributed by atoms with E-state index in [9.17, 15) is 9.90 Å². The lowest BCUT2D eigenvalue weighted by Gasteiger charge is -2.28. The molecule has 1 aromatic carbocycles. The molecule has 30 heavy (non-hydrogen) atoms. The first-order chi connectivity index (χ1) is 14.2. The molecule has 1 saturated heterocycles. The molecular formula is C23H34N4O3. The van der Waals surface area contributed by atoms with Crippen molar-refractivity contribution in [2.24, 2.45) is 0 Å². The van der Waals surface area contributed by atoms with Crippen LogP contribution in [0.5, 0.6) is 0 Å². The normalized spacial score (nSPS) is 18.4. The van der Waals surface area contributed by atoms with Gasteiger partial charge in [-0.05, 0) is 52.6 Å². The number of nitrogens with zero attached hydrogens (tertiary/aromatic N) is 3. The summed E-state index contributed by atoms with van der Waals surface area (Å²) in [6.45, 7) is 10.3. The van der Waals surface area contributed by atoms with E-state index in [4.69, 9.17) is 4.74 Å². The van der Waals surface area contributed by atoms with Crippen molar-refractivity contribution in [2.75, 3.05) is 19.6 Å². The Kier molecular flexibility index (Phi) is 7.15. The van der Waals surface area contributed by atoms with Crippen molar-refractivity contribution in [3.05, 3.63) is 53.3 Å². The predicted octanol–water partition coefficient (Wildman–Crippen LogP) is 3.26. The van der Waals surface area contributed by atoms with Crippen molar-refractivity contribution in [3.8, 4) is 0 Å². The van der Waals surface area contributed by atoms with Crippen LogP contribution < -0.4 is 5.32 Å². The number of nitrogens with one attached hydrogen (secondary N) is 1. The molecule has 1 aromatic heterocycles. The standard InChI is InChI=1S/C23H34N4O3/c1-17-19(16-27(25-17)15-18-9-6-5-7-10-18)21(28)20-11-8-13-26(20)14-12-24-22(29)30-23(2,3)4/h5-7,9-10,16,20-21,28H,8,11-15H2,1-4H3,(H,24,29)/t20?,21-/m1/s1. The molecule has 3 rings (SSSR count). The molecule has 0 saturated carbocycles. The number of likely N-dealkylation sites (tertiary alicyclic amines) is 1. The second-order valence-electron chi connectivity index (χ2n) is 8.97. The van der Waals surface area contributed by atoms with Crippen LogP contribution in [0.3, 0.4) is 0 Å². The maximum Gasteiger partial charge on any atom is 0.407 e. The molecule has 2 aromatic rings. The number of carbonyl (C=O) groups is 1. The van der Waals surface area contributed by atoms with Crippen molar-refractivity contribution < 1.29 is 14.6 Å². The molecule has 0 spiro atoms. The number of aliphatic hydroxyl groups is 1. The first kappa shape index (κ1) is 22.3. The van der Waals surface area contributed by atoms with E-state index < -0.39 is 17.8 Å². The highest BCUT2D eigenvalue weighted by atomic mass is 16.6. The van der Waals surface area contributed by atoms with Crippen molar-refractivity contribution in [1.29, 1.82) is 0 Å². The zero-order valence-corrected chi connectivity index (χ0v) is 18.5. The van der Waals surface area contributed by atoms with Crippen molar-refractivity contribution >= 4 is 6.09 Å². The van der Waals surface area contributed by atoms with Crippen molar-refractivity contribution in [3.63, 3.8) is 0 Å². The molecule has 2 N–H and O–H groups in total. The Labute approximate surface area is 179 Å². The van der Waals surface area contributed by atoms with E-state index in [1.165, 1.54) is 5.56 Å². The molecule has 7 nitrogen and oxygen atoms in total. The molecule has 2 heterocycles. The van der Waals surface area contributed by atoms with Gasteiger partial charge in [0.25, 0.3) is 0 Å². The van der Waals surface area contributed by atoms with E-state index in [0.717, 1.165) is 30.6 Å². The Morgan fingerprint density at radius 3 is 2.77 bits per heavy atom. The molecule has 1 aliphatic heterocycles. The first-order valence-electron chi connectivity index (χ1n) is 10.7. The lowest BCUT2D eigenvalue weighted by molar-refractivity contribution is 0.0499. The van der Waals surface area contributed by atoms with Gasteiger partial charge in [0, 0.05) is 30.9 Å². The van der Waals surface area contributed by atoms with Crippen LogP contribution in [-0.4, -0.2) is 57.2 Å². The van der Waals surface area contributed by atoms with E-state index in [0.29, 0.717) is 19.6 Å². The van der Waals surface area contributed by atoms with Crippen LogP contribution in [0, 0.1) is 6.92 Å². The van der Waals surface area contributed by atoms with Crippen molar-refractivity contribution in [2.45, 2.75) is 64.8 Å². The molecule has 164 valence electrons. The average molecular weight is 415 g/mol. The number of aliphatic hydroxyl groups excluding tert-OH is 1. The van der Waals surface area contributed by atoms with Gasteiger partial charge >= 0.3 is 6.09 Å². The Bertz CT molecular complexity index is 829. The summed E-state index contributed by atoms with van der Waals surface area (Å²) in [7, 11) is 0. The first-order valence-corrected chi connectivity index (χ1v) is 10.7. The molecular weight excluding hydrogens is 380 g/mol. The van der Waals surface area contributed by atoms with Gasteiger partial charge in [-0.25, -0.2) is 4.79 Å². The van der Waals surface area contributed by atoms with Gasteiger partial charge in [-0.3, -0.25) is 9.58 Å². The topological polar surface area (TPSA) is 79.6 Å². The fourth-order valence-electron chi connectivity index (χ4n) is 3.99. The molecule has 0 aliphatic carbocycles. The summed E-state index contributed by atoms with van der Waals surface area (Å²) in [5.41, 5.74) is 2.41. The molecule has 1 fully saturated rings. The Hall–Kier alpha value is -2.38. The molecule has 2 atom stereocenters. The van der Waals surface area contributed by atoms with Crippen LogP contribution in [0.25, 0.3) is 0 Å². The van der Waals surface area contributed by atoms with E-state index in [1.807, 2.05) is 56.8 Å². The van der Waals surface area contributed by atoms with Crippen LogP contribution in [-0.2, 0) is 11.3 Å². The fraction of sp³-hybridized carbons (Fsp3) is 0.565. The second-order valence-corrected chi connectivity index (χ2v) is 8.97. The summed E-state index contributed by atoms with van der Waals surface area (Å²) in [4.78, 5) is 14.1. The van der Waals surface area contributed by atoms with Gasteiger partial charge in [-0.1, -0.05) is 30.3 Å². The third-order valence-electron chi connectivity index (χ3n) is 5.34. The molecule has 7 heteroatoms. The van der Waals surface area contributed by atoms with Gasteiger partial charge in [-0.2, -0.15) is 5.10 Å². The second kappa shape index (κ2) is 9.62. The van der Waals surface area contributed by atoms with E-state index in [2.05, 4.69) is 27.4 Å². The van der Waals surface area contributed by atoms with Gasteiger partial charge in [0.15, 0.2) is 0 Å². The van der Waals surface area contributed by atoms with E-state index in [-0.39, 0.29) is 6.04 Å². The molecule has 1 amide bonds. The lowest BCUT2D eigenvalue weighted by Crippen LogP contribution is -2.41. The monoisotopic (exact) mass is 414 g/mol. The van der Waals surface area contributed by atoms with Gasteiger partial charge in [0.2, 0.25) is 0 Å². The SMILES string of the molecule is Cc1nn(Cc2ccccc2)cc1[C@@H](O)C1CCCN1CCNC(=O)OC(C)(C)C. The Balaban J connectivity index is 1.57. The number of amides is 1. The Morgan fingerprint density at radius 1 is 1.33 bits per heavy atom. The molecule has 1 unspecified atom stereocenters. The summed E-state index contributed by atoms with van der Waals surface area (Å²) in [6.07, 6.45) is 2.92. The van der Waals surface area contributed by atoms with Gasteiger partial charge in [-0.15, -0.1) is 0 Å². The molecule has 0 bridgehead atoms. The number of hydrogen-bond acceptors (Lipinski definition) is 5. The minimum absolute atomic E-state index is 0.0264. The third-order valence-corrected chi connectivity index (χ3v) is 5.34. The van der Waals surface area contributed by atoms with Crippen LogP contribution in [0.4, 0.5) is 4.79 Å². The summed E-state index contributed by atoms with van der Waals surface area (Å²) >= 11 is 0. The summed E-state index contributed by atoms with van der Waals surface area (Å²) in [5.74, 6) is 0. The number of aromatic nitrogens is 2. The minimum Gasteiger partial charge on any atom is -0.444 e. The number of rotatable bonds is 7. The zero-order valence-electron chi connectivity index (χ0n) is 18.5. The van der Waals surface area contributed by atoms with Crippen LogP contribution in [0.1, 0.15) is 56.5 Å².